The fraction of sp³-hybridized carbons (Fsp3) is 0.400. The summed E-state index contributed by atoms with van der Waals surface area (Å²) in [5.74, 6) is 0.888. The lowest BCUT2D eigenvalue weighted by Crippen LogP contribution is -1.99. The smallest absolute Gasteiger partial charge is 0.122 e. The summed E-state index contributed by atoms with van der Waals surface area (Å²) in [6.07, 6.45) is 4.02. The van der Waals surface area contributed by atoms with E-state index < -0.39 is 0 Å². The van der Waals surface area contributed by atoms with Crippen molar-refractivity contribution in [1.82, 2.24) is 0 Å². The largest absolute Gasteiger partial charge is 0.494 e. The molecule has 0 atom stereocenters. The number of nitriles is 1. The van der Waals surface area contributed by atoms with Crippen LogP contribution < -0.4 is 4.74 Å². The second-order valence-corrected chi connectivity index (χ2v) is 3.84. The molecule has 0 saturated carbocycles. The lowest BCUT2D eigenvalue weighted by molar-refractivity contribution is 0.337. The van der Waals surface area contributed by atoms with Crippen LogP contribution in [-0.2, 0) is 6.42 Å². The Morgan fingerprint density at radius 3 is 2.71 bits per heavy atom. The van der Waals surface area contributed by atoms with Gasteiger partial charge in [0.2, 0.25) is 0 Å². The van der Waals surface area contributed by atoms with Crippen molar-refractivity contribution in [2.75, 3.05) is 6.61 Å². The van der Waals surface area contributed by atoms with Crippen molar-refractivity contribution in [3.63, 3.8) is 0 Å². The molecule has 0 saturated heterocycles. The maximum Gasteiger partial charge on any atom is 0.122 e. The highest BCUT2D eigenvalue weighted by Gasteiger charge is 2.06. The molecule has 0 aliphatic rings. The van der Waals surface area contributed by atoms with Gasteiger partial charge in [0.15, 0.2) is 0 Å². The zero-order valence-electron chi connectivity index (χ0n) is 10.8. The van der Waals surface area contributed by atoms with Crippen LogP contribution >= 0.6 is 0 Å². The average molecular weight is 229 g/mol. The topological polar surface area (TPSA) is 33.0 Å². The lowest BCUT2D eigenvalue weighted by Gasteiger charge is -2.11. The van der Waals surface area contributed by atoms with Gasteiger partial charge in [-0.3, -0.25) is 0 Å². The summed E-state index contributed by atoms with van der Waals surface area (Å²) >= 11 is 0. The van der Waals surface area contributed by atoms with Gasteiger partial charge < -0.3 is 4.74 Å². The minimum absolute atomic E-state index is 0.649. The third kappa shape index (κ3) is 3.64. The summed E-state index contributed by atoms with van der Waals surface area (Å²) in [5.41, 5.74) is 3.15. The molecular formula is C15H19NO. The molecule has 1 aromatic carbocycles. The van der Waals surface area contributed by atoms with Gasteiger partial charge in [-0.2, -0.15) is 5.26 Å². The molecule has 0 heterocycles. The molecule has 1 aromatic rings. The number of benzene rings is 1. The summed E-state index contributed by atoms with van der Waals surface area (Å²) in [7, 11) is 0. The molecule has 0 spiro atoms. The first-order valence-electron chi connectivity index (χ1n) is 6.05. The van der Waals surface area contributed by atoms with E-state index in [0.717, 1.165) is 24.2 Å². The highest BCUT2D eigenvalue weighted by molar-refractivity contribution is 5.43. The molecule has 0 bridgehead atoms. The molecule has 1 rings (SSSR count). The van der Waals surface area contributed by atoms with E-state index in [0.29, 0.717) is 12.2 Å². The number of allylic oxidation sites excluding steroid dienone is 2. The van der Waals surface area contributed by atoms with Crippen LogP contribution in [0.1, 0.15) is 38.3 Å². The van der Waals surface area contributed by atoms with Gasteiger partial charge >= 0.3 is 0 Å². The minimum Gasteiger partial charge on any atom is -0.494 e. The maximum atomic E-state index is 8.93. The van der Waals surface area contributed by atoms with Gasteiger partial charge in [-0.05, 0) is 50.5 Å². The Balaban J connectivity index is 3.05. The summed E-state index contributed by atoms with van der Waals surface area (Å²) in [6, 6.07) is 7.78. The van der Waals surface area contributed by atoms with E-state index in [1.54, 1.807) is 6.07 Å². The monoisotopic (exact) mass is 229 g/mol. The number of hydrogen-bond acceptors (Lipinski definition) is 2. The van der Waals surface area contributed by atoms with E-state index in [4.69, 9.17) is 10.00 Å². The summed E-state index contributed by atoms with van der Waals surface area (Å²) in [6.45, 7) is 6.81. The van der Waals surface area contributed by atoms with Crippen LogP contribution in [0.5, 0.6) is 5.75 Å². The van der Waals surface area contributed by atoms with E-state index in [9.17, 15) is 0 Å². The highest BCUT2D eigenvalue weighted by Crippen LogP contribution is 2.24. The van der Waals surface area contributed by atoms with Gasteiger partial charge in [-0.25, -0.2) is 0 Å². The molecule has 0 aliphatic carbocycles. The van der Waals surface area contributed by atoms with Crippen LogP contribution in [0.25, 0.3) is 0 Å². The van der Waals surface area contributed by atoms with E-state index >= 15 is 0 Å². The van der Waals surface area contributed by atoms with Crippen LogP contribution in [0.15, 0.2) is 29.8 Å². The maximum absolute atomic E-state index is 8.93. The van der Waals surface area contributed by atoms with Crippen molar-refractivity contribution in [3.05, 3.63) is 41.0 Å². The summed E-state index contributed by atoms with van der Waals surface area (Å²) in [4.78, 5) is 0. The van der Waals surface area contributed by atoms with E-state index in [2.05, 4.69) is 19.1 Å². The van der Waals surface area contributed by atoms with Crippen LogP contribution in [0.2, 0.25) is 0 Å². The van der Waals surface area contributed by atoms with E-state index in [1.165, 1.54) is 5.57 Å². The predicted octanol–water partition coefficient (Wildman–Crippen LogP) is 3.86. The second kappa shape index (κ2) is 6.75. The van der Waals surface area contributed by atoms with Crippen molar-refractivity contribution in [1.29, 1.82) is 5.26 Å². The third-order valence-electron chi connectivity index (χ3n) is 2.77. The fourth-order valence-electron chi connectivity index (χ4n) is 1.76. The Kier molecular flexibility index (Phi) is 5.29. The number of hydrogen-bond donors (Lipinski definition) is 0. The summed E-state index contributed by atoms with van der Waals surface area (Å²) < 4.78 is 5.59. The second-order valence-electron chi connectivity index (χ2n) is 3.84. The Morgan fingerprint density at radius 2 is 2.18 bits per heavy atom. The van der Waals surface area contributed by atoms with Gasteiger partial charge in [-0.15, -0.1) is 0 Å². The fourth-order valence-corrected chi connectivity index (χ4v) is 1.76. The van der Waals surface area contributed by atoms with Crippen LogP contribution in [0.3, 0.4) is 0 Å². The van der Waals surface area contributed by atoms with Gasteiger partial charge in [0, 0.05) is 0 Å². The van der Waals surface area contributed by atoms with Gasteiger partial charge in [0.25, 0.3) is 0 Å². The molecule has 0 unspecified atom stereocenters. The molecule has 2 heteroatoms. The third-order valence-corrected chi connectivity index (χ3v) is 2.77. The quantitative estimate of drug-likeness (QED) is 0.718. The Bertz CT molecular complexity index is 441. The Labute approximate surface area is 104 Å². The highest BCUT2D eigenvalue weighted by atomic mass is 16.5. The first kappa shape index (κ1) is 13.3. The van der Waals surface area contributed by atoms with Crippen molar-refractivity contribution in [2.24, 2.45) is 0 Å². The van der Waals surface area contributed by atoms with E-state index in [1.807, 2.05) is 26.0 Å². The molecule has 0 radical (unpaired) electrons. The van der Waals surface area contributed by atoms with Gasteiger partial charge in [0.05, 0.1) is 18.2 Å². The molecular weight excluding hydrogens is 210 g/mol. The van der Waals surface area contributed by atoms with Crippen LogP contribution in [-0.4, -0.2) is 6.61 Å². The molecule has 0 amide bonds. The predicted molar refractivity (Wildman–Crippen MR) is 70.1 cm³/mol. The molecule has 2 nitrogen and oxygen atoms in total. The molecule has 90 valence electrons. The molecule has 0 N–H and O–H groups in total. The zero-order chi connectivity index (χ0) is 12.7. The molecule has 0 fully saturated rings. The van der Waals surface area contributed by atoms with Gasteiger partial charge in [-0.1, -0.05) is 18.6 Å². The average Bonchev–Trinajstić information content (AvgIpc) is 2.37. The van der Waals surface area contributed by atoms with Crippen molar-refractivity contribution in [3.8, 4) is 11.8 Å². The van der Waals surface area contributed by atoms with E-state index in [-0.39, 0.29) is 0 Å². The number of ether oxygens (including phenoxy) is 1. The molecule has 0 aliphatic heterocycles. The standard InChI is InChI=1S/C15H19NO/c1-4-12(5-2)9-14-10-13(11-16)7-8-15(14)17-6-3/h4,7-8,10H,5-6,9H2,1-3H3/b12-4+. The van der Waals surface area contributed by atoms with Gasteiger partial charge in [0.1, 0.15) is 5.75 Å². The van der Waals surface area contributed by atoms with Crippen molar-refractivity contribution < 1.29 is 4.74 Å². The Morgan fingerprint density at radius 1 is 1.41 bits per heavy atom. The van der Waals surface area contributed by atoms with Crippen molar-refractivity contribution >= 4 is 0 Å². The SMILES string of the molecule is C/C=C(\CC)Cc1cc(C#N)ccc1OCC. The van der Waals surface area contributed by atoms with Crippen LogP contribution in [0, 0.1) is 11.3 Å². The minimum atomic E-state index is 0.649. The molecule has 17 heavy (non-hydrogen) atoms. The molecule has 0 aromatic heterocycles. The first-order chi connectivity index (χ1) is 8.24. The zero-order valence-corrected chi connectivity index (χ0v) is 10.8. The number of rotatable bonds is 5. The van der Waals surface area contributed by atoms with Crippen LogP contribution in [0.4, 0.5) is 0 Å². The van der Waals surface area contributed by atoms with Crippen molar-refractivity contribution in [2.45, 2.75) is 33.6 Å². The summed E-state index contributed by atoms with van der Waals surface area (Å²) in [5, 5.41) is 8.93. The number of nitrogens with zero attached hydrogens (tertiary/aromatic N) is 1. The lowest BCUT2D eigenvalue weighted by atomic mass is 10.0. The normalized spacial score (nSPS) is 11.1. The first-order valence-corrected chi connectivity index (χ1v) is 6.05. The Hall–Kier alpha value is -1.75.